The Bertz CT molecular complexity index is 539. The molecule has 114 valence electrons. The number of amides is 1. The van der Waals surface area contributed by atoms with Crippen LogP contribution in [0.1, 0.15) is 26.7 Å². The molecule has 0 saturated carbocycles. The monoisotopic (exact) mass is 291 g/mol. The van der Waals surface area contributed by atoms with Crippen molar-refractivity contribution >= 4 is 17.6 Å². The summed E-state index contributed by atoms with van der Waals surface area (Å²) in [5.74, 6) is 0.472. The van der Waals surface area contributed by atoms with Gasteiger partial charge in [-0.05, 0) is 32.4 Å². The maximum atomic E-state index is 11.8. The molecule has 21 heavy (non-hydrogen) atoms. The molecule has 1 aliphatic rings. The third-order valence-corrected chi connectivity index (χ3v) is 3.54. The molecule has 0 radical (unpaired) electrons. The van der Waals surface area contributed by atoms with Crippen molar-refractivity contribution in [3.05, 3.63) is 24.3 Å². The second kappa shape index (κ2) is 6.16. The van der Waals surface area contributed by atoms with E-state index in [2.05, 4.69) is 0 Å². The molecule has 0 aromatic heterocycles. The maximum absolute atomic E-state index is 11.8. The van der Waals surface area contributed by atoms with Crippen LogP contribution in [0.15, 0.2) is 24.3 Å². The summed E-state index contributed by atoms with van der Waals surface area (Å²) < 4.78 is 10.4. The molecule has 0 atom stereocenters. The van der Waals surface area contributed by atoms with E-state index in [0.29, 0.717) is 12.2 Å². The second-order valence-electron chi connectivity index (χ2n) is 5.81. The molecule has 2 rings (SSSR count). The summed E-state index contributed by atoms with van der Waals surface area (Å²) in [4.78, 5) is 25.1. The zero-order valence-corrected chi connectivity index (χ0v) is 12.7. The molecule has 1 aromatic rings. The Morgan fingerprint density at radius 1 is 1.38 bits per heavy atom. The van der Waals surface area contributed by atoms with Gasteiger partial charge in [-0.25, -0.2) is 0 Å². The number of esters is 1. The van der Waals surface area contributed by atoms with Gasteiger partial charge in [0.2, 0.25) is 5.91 Å². The molecular weight excluding hydrogens is 270 g/mol. The Morgan fingerprint density at radius 2 is 2.14 bits per heavy atom. The van der Waals surface area contributed by atoms with Crippen molar-refractivity contribution in [1.29, 1.82) is 0 Å². The highest BCUT2D eigenvalue weighted by atomic mass is 16.5. The van der Waals surface area contributed by atoms with Crippen LogP contribution in [0.5, 0.6) is 5.75 Å². The molecule has 1 heterocycles. The van der Waals surface area contributed by atoms with E-state index >= 15 is 0 Å². The first kappa shape index (κ1) is 15.4. The summed E-state index contributed by atoms with van der Waals surface area (Å²) in [7, 11) is 1.36. The van der Waals surface area contributed by atoms with Crippen molar-refractivity contribution in [2.45, 2.75) is 26.7 Å². The van der Waals surface area contributed by atoms with Crippen LogP contribution in [0.4, 0.5) is 5.69 Å². The van der Waals surface area contributed by atoms with Gasteiger partial charge >= 0.3 is 5.97 Å². The lowest BCUT2D eigenvalue weighted by Crippen LogP contribution is -2.32. The molecule has 1 aromatic carbocycles. The largest absolute Gasteiger partial charge is 0.492 e. The first-order chi connectivity index (χ1) is 9.94. The van der Waals surface area contributed by atoms with Crippen LogP contribution < -0.4 is 9.64 Å². The maximum Gasteiger partial charge on any atom is 0.314 e. The van der Waals surface area contributed by atoms with Gasteiger partial charge < -0.3 is 14.4 Å². The van der Waals surface area contributed by atoms with Crippen LogP contribution in [-0.2, 0) is 14.3 Å². The lowest BCUT2D eigenvalue weighted by atomic mass is 9.95. The van der Waals surface area contributed by atoms with Crippen LogP contribution in [0.3, 0.4) is 0 Å². The standard InChI is InChI=1S/C16H21NO4/c1-16(2,15(19)20-3)11-21-13-7-4-6-12(10-13)17-9-5-8-14(17)18/h4,6-7,10H,5,8-9,11H2,1-3H3. The minimum atomic E-state index is -0.714. The summed E-state index contributed by atoms with van der Waals surface area (Å²) in [5, 5.41) is 0. The van der Waals surface area contributed by atoms with Gasteiger partial charge in [-0.15, -0.1) is 0 Å². The predicted octanol–water partition coefficient (Wildman–Crippen LogP) is 2.39. The molecule has 1 fully saturated rings. The number of hydrogen-bond donors (Lipinski definition) is 0. The summed E-state index contributed by atoms with van der Waals surface area (Å²) >= 11 is 0. The van der Waals surface area contributed by atoms with Crippen molar-refractivity contribution in [1.82, 2.24) is 0 Å². The van der Waals surface area contributed by atoms with E-state index in [-0.39, 0.29) is 18.5 Å². The third kappa shape index (κ3) is 3.54. The summed E-state index contributed by atoms with van der Waals surface area (Å²) in [6, 6.07) is 7.39. The quantitative estimate of drug-likeness (QED) is 0.782. The molecule has 1 aliphatic heterocycles. The van der Waals surface area contributed by atoms with Crippen LogP contribution >= 0.6 is 0 Å². The highest BCUT2D eigenvalue weighted by molar-refractivity contribution is 5.95. The Labute approximate surface area is 124 Å². The fourth-order valence-corrected chi connectivity index (χ4v) is 2.26. The first-order valence-electron chi connectivity index (χ1n) is 7.06. The van der Waals surface area contributed by atoms with Gasteiger partial charge in [0.25, 0.3) is 0 Å². The Morgan fingerprint density at radius 3 is 2.76 bits per heavy atom. The zero-order valence-electron chi connectivity index (χ0n) is 12.7. The van der Waals surface area contributed by atoms with E-state index in [1.807, 2.05) is 24.3 Å². The van der Waals surface area contributed by atoms with Gasteiger partial charge in [-0.2, -0.15) is 0 Å². The number of hydrogen-bond acceptors (Lipinski definition) is 4. The van der Waals surface area contributed by atoms with E-state index in [4.69, 9.17) is 9.47 Å². The lowest BCUT2D eigenvalue weighted by Gasteiger charge is -2.22. The van der Waals surface area contributed by atoms with Crippen molar-refractivity contribution in [2.75, 3.05) is 25.2 Å². The Hall–Kier alpha value is -2.04. The highest BCUT2D eigenvalue weighted by Gasteiger charge is 2.30. The van der Waals surface area contributed by atoms with Crippen molar-refractivity contribution in [3.8, 4) is 5.75 Å². The first-order valence-corrected chi connectivity index (χ1v) is 7.06. The number of benzene rings is 1. The second-order valence-corrected chi connectivity index (χ2v) is 5.81. The molecule has 5 heteroatoms. The van der Waals surface area contributed by atoms with E-state index in [0.717, 1.165) is 18.7 Å². The predicted molar refractivity (Wildman–Crippen MR) is 79.3 cm³/mol. The lowest BCUT2D eigenvalue weighted by molar-refractivity contribution is -0.152. The van der Waals surface area contributed by atoms with Crippen LogP contribution in [0.25, 0.3) is 0 Å². The van der Waals surface area contributed by atoms with Gasteiger partial charge in [0.15, 0.2) is 0 Å². The van der Waals surface area contributed by atoms with E-state index in [1.54, 1.807) is 18.7 Å². The molecule has 1 amide bonds. The van der Waals surface area contributed by atoms with Gasteiger partial charge in [0.1, 0.15) is 12.4 Å². The number of carbonyl (C=O) groups excluding carboxylic acids is 2. The summed E-state index contributed by atoms with van der Waals surface area (Å²) in [5.41, 5.74) is 0.125. The molecule has 1 saturated heterocycles. The van der Waals surface area contributed by atoms with Crippen LogP contribution in [0.2, 0.25) is 0 Å². The Balaban J connectivity index is 2.05. The number of anilines is 1. The summed E-state index contributed by atoms with van der Waals surface area (Å²) in [6.07, 6.45) is 1.49. The Kier molecular flexibility index (Phi) is 4.50. The van der Waals surface area contributed by atoms with E-state index < -0.39 is 5.41 Å². The zero-order chi connectivity index (χ0) is 15.5. The van der Waals surface area contributed by atoms with E-state index in [1.165, 1.54) is 7.11 Å². The topological polar surface area (TPSA) is 55.8 Å². The fourth-order valence-electron chi connectivity index (χ4n) is 2.26. The summed E-state index contributed by atoms with van der Waals surface area (Å²) in [6.45, 7) is 4.51. The molecular formula is C16H21NO4. The normalized spacial score (nSPS) is 15.2. The average Bonchev–Trinajstić information content (AvgIpc) is 2.91. The number of methoxy groups -OCH3 is 1. The molecule has 0 aliphatic carbocycles. The highest BCUT2D eigenvalue weighted by Crippen LogP contribution is 2.27. The minimum Gasteiger partial charge on any atom is -0.492 e. The van der Waals surface area contributed by atoms with Crippen LogP contribution in [-0.4, -0.2) is 32.1 Å². The fraction of sp³-hybridized carbons (Fsp3) is 0.500. The van der Waals surface area contributed by atoms with Gasteiger partial charge in [-0.1, -0.05) is 6.07 Å². The third-order valence-electron chi connectivity index (χ3n) is 3.54. The smallest absolute Gasteiger partial charge is 0.314 e. The van der Waals surface area contributed by atoms with Crippen LogP contribution in [0, 0.1) is 5.41 Å². The van der Waals surface area contributed by atoms with Gasteiger partial charge in [0.05, 0.1) is 12.5 Å². The number of nitrogens with zero attached hydrogens (tertiary/aromatic N) is 1. The number of ether oxygens (including phenoxy) is 2. The molecule has 0 spiro atoms. The number of carbonyl (C=O) groups is 2. The molecule has 0 bridgehead atoms. The average molecular weight is 291 g/mol. The molecule has 0 N–H and O–H groups in total. The SMILES string of the molecule is COC(=O)C(C)(C)COc1cccc(N2CCCC2=O)c1. The molecule has 0 unspecified atom stereocenters. The molecule has 5 nitrogen and oxygen atoms in total. The van der Waals surface area contributed by atoms with E-state index in [9.17, 15) is 9.59 Å². The minimum absolute atomic E-state index is 0.141. The van der Waals surface area contributed by atoms with Gasteiger partial charge in [-0.3, -0.25) is 9.59 Å². The van der Waals surface area contributed by atoms with Crippen molar-refractivity contribution in [3.63, 3.8) is 0 Å². The van der Waals surface area contributed by atoms with Crippen molar-refractivity contribution < 1.29 is 19.1 Å². The number of rotatable bonds is 5. The van der Waals surface area contributed by atoms with Crippen molar-refractivity contribution in [2.24, 2.45) is 5.41 Å². The van der Waals surface area contributed by atoms with Gasteiger partial charge in [0, 0.05) is 24.7 Å².